The lowest BCUT2D eigenvalue weighted by atomic mass is 9.86. The first-order chi connectivity index (χ1) is 12.8. The molecule has 0 unspecified atom stereocenters. The van der Waals surface area contributed by atoms with E-state index in [1.165, 1.54) is 0 Å². The highest BCUT2D eigenvalue weighted by Crippen LogP contribution is 2.33. The van der Waals surface area contributed by atoms with Gasteiger partial charge in [0.05, 0.1) is 0 Å². The van der Waals surface area contributed by atoms with E-state index in [1.807, 2.05) is 24.3 Å². The molecular formula is C20H23BrN2O4. The first-order valence-electron chi connectivity index (χ1n) is 8.44. The van der Waals surface area contributed by atoms with Crippen LogP contribution in [0.25, 0.3) is 0 Å². The number of para-hydroxylation sites is 1. The van der Waals surface area contributed by atoms with Crippen LogP contribution in [-0.4, -0.2) is 25.0 Å². The molecule has 0 aliphatic heterocycles. The quantitative estimate of drug-likeness (QED) is 0.683. The lowest BCUT2D eigenvalue weighted by Gasteiger charge is -2.23. The Morgan fingerprint density at radius 1 is 0.926 bits per heavy atom. The number of rotatable bonds is 6. The Kier molecular flexibility index (Phi) is 7.24. The van der Waals surface area contributed by atoms with Gasteiger partial charge < -0.3 is 9.47 Å². The summed E-state index contributed by atoms with van der Waals surface area (Å²) >= 11 is 3.45. The molecule has 2 aromatic carbocycles. The zero-order chi connectivity index (χ0) is 19.9. The number of nitrogens with one attached hydrogen (secondary N) is 2. The lowest BCUT2D eigenvalue weighted by molar-refractivity contribution is -0.131. The van der Waals surface area contributed by atoms with Gasteiger partial charge in [-0.3, -0.25) is 20.4 Å². The van der Waals surface area contributed by atoms with Crippen molar-refractivity contribution in [1.29, 1.82) is 0 Å². The topological polar surface area (TPSA) is 76.7 Å². The van der Waals surface area contributed by atoms with Gasteiger partial charge >= 0.3 is 0 Å². The number of ether oxygens (including phenoxy) is 2. The predicted octanol–water partition coefficient (Wildman–Crippen LogP) is 3.35. The highest BCUT2D eigenvalue weighted by molar-refractivity contribution is 9.10. The fourth-order valence-electron chi connectivity index (χ4n) is 2.23. The Hall–Kier alpha value is -2.54. The molecule has 0 heterocycles. The van der Waals surface area contributed by atoms with Crippen LogP contribution >= 0.6 is 15.9 Å². The highest BCUT2D eigenvalue weighted by atomic mass is 79.9. The minimum Gasteiger partial charge on any atom is -0.484 e. The molecule has 0 radical (unpaired) electrons. The smallest absolute Gasteiger partial charge is 0.276 e. The maximum atomic E-state index is 11.9. The standard InChI is InChI=1S/C20H23BrN2O4/c1-20(2,3)16-11-14(21)9-10-17(16)27-13-19(25)23-22-18(24)12-26-15-7-5-4-6-8-15/h4-11H,12-13H2,1-3H3,(H,22,24)(H,23,25). The van der Waals surface area contributed by atoms with E-state index in [4.69, 9.17) is 9.47 Å². The molecule has 0 bridgehead atoms. The summed E-state index contributed by atoms with van der Waals surface area (Å²) in [6, 6.07) is 14.6. The van der Waals surface area contributed by atoms with Crippen LogP contribution in [0, 0.1) is 0 Å². The number of hydrazine groups is 1. The average molecular weight is 435 g/mol. The third-order valence-electron chi connectivity index (χ3n) is 3.56. The summed E-state index contributed by atoms with van der Waals surface area (Å²) in [6.45, 7) is 5.77. The molecule has 2 amide bonds. The maximum Gasteiger partial charge on any atom is 0.276 e. The zero-order valence-corrected chi connectivity index (χ0v) is 17.1. The highest BCUT2D eigenvalue weighted by Gasteiger charge is 2.20. The molecule has 2 rings (SSSR count). The molecule has 6 nitrogen and oxygen atoms in total. The van der Waals surface area contributed by atoms with Crippen molar-refractivity contribution in [3.63, 3.8) is 0 Å². The van der Waals surface area contributed by atoms with Gasteiger partial charge in [-0.2, -0.15) is 0 Å². The van der Waals surface area contributed by atoms with E-state index in [0.717, 1.165) is 10.0 Å². The van der Waals surface area contributed by atoms with Crippen molar-refractivity contribution in [2.24, 2.45) is 0 Å². The lowest BCUT2D eigenvalue weighted by Crippen LogP contribution is -2.45. The number of carbonyl (C=O) groups excluding carboxylic acids is 2. The number of amides is 2. The third-order valence-corrected chi connectivity index (χ3v) is 4.06. The number of hydrogen-bond acceptors (Lipinski definition) is 4. The Balaban J connectivity index is 1.79. The van der Waals surface area contributed by atoms with Gasteiger partial charge in [0.15, 0.2) is 13.2 Å². The van der Waals surface area contributed by atoms with Crippen LogP contribution in [0.4, 0.5) is 0 Å². The fourth-order valence-corrected chi connectivity index (χ4v) is 2.60. The van der Waals surface area contributed by atoms with Gasteiger partial charge in [-0.1, -0.05) is 54.9 Å². The number of benzene rings is 2. The minimum absolute atomic E-state index is 0.140. The zero-order valence-electron chi connectivity index (χ0n) is 15.5. The van der Waals surface area contributed by atoms with Gasteiger partial charge in [0, 0.05) is 10.0 Å². The van der Waals surface area contributed by atoms with Gasteiger partial charge in [0.2, 0.25) is 0 Å². The van der Waals surface area contributed by atoms with E-state index in [2.05, 4.69) is 47.6 Å². The van der Waals surface area contributed by atoms with Gasteiger partial charge in [-0.25, -0.2) is 0 Å². The molecule has 2 N–H and O–H groups in total. The van der Waals surface area contributed by atoms with Crippen molar-refractivity contribution in [3.8, 4) is 11.5 Å². The molecule has 27 heavy (non-hydrogen) atoms. The van der Waals surface area contributed by atoms with Crippen molar-refractivity contribution in [2.45, 2.75) is 26.2 Å². The van der Waals surface area contributed by atoms with Crippen molar-refractivity contribution in [3.05, 3.63) is 58.6 Å². The molecule has 0 saturated carbocycles. The molecule has 0 aromatic heterocycles. The summed E-state index contributed by atoms with van der Waals surface area (Å²) in [5.74, 6) is 0.268. The molecular weight excluding hydrogens is 412 g/mol. The van der Waals surface area contributed by atoms with Crippen molar-refractivity contribution < 1.29 is 19.1 Å². The molecule has 0 spiro atoms. The van der Waals surface area contributed by atoms with Crippen LogP contribution in [0.1, 0.15) is 26.3 Å². The molecule has 0 fully saturated rings. The van der Waals surface area contributed by atoms with Gasteiger partial charge in [0.1, 0.15) is 11.5 Å². The molecule has 7 heteroatoms. The Morgan fingerprint density at radius 3 is 2.11 bits per heavy atom. The molecule has 2 aromatic rings. The SMILES string of the molecule is CC(C)(C)c1cc(Br)ccc1OCC(=O)NNC(=O)COc1ccccc1. The fraction of sp³-hybridized carbons (Fsp3) is 0.300. The molecule has 0 saturated heterocycles. The second kappa shape index (κ2) is 9.41. The monoisotopic (exact) mass is 434 g/mol. The largest absolute Gasteiger partial charge is 0.484 e. The number of halogens is 1. The summed E-state index contributed by atoms with van der Waals surface area (Å²) in [7, 11) is 0. The first-order valence-corrected chi connectivity index (χ1v) is 9.23. The van der Waals surface area contributed by atoms with Crippen LogP contribution in [-0.2, 0) is 15.0 Å². The second-order valence-electron chi connectivity index (χ2n) is 6.88. The first kappa shape index (κ1) is 20.8. The average Bonchev–Trinajstić information content (AvgIpc) is 2.63. The van der Waals surface area contributed by atoms with E-state index in [0.29, 0.717) is 11.5 Å². The van der Waals surface area contributed by atoms with Gasteiger partial charge in [0.25, 0.3) is 11.8 Å². The minimum atomic E-state index is -0.467. The van der Waals surface area contributed by atoms with Crippen LogP contribution in [0.15, 0.2) is 53.0 Å². The second-order valence-corrected chi connectivity index (χ2v) is 7.79. The van der Waals surface area contributed by atoms with E-state index in [9.17, 15) is 9.59 Å². The predicted molar refractivity (Wildman–Crippen MR) is 107 cm³/mol. The van der Waals surface area contributed by atoms with E-state index < -0.39 is 11.8 Å². The summed E-state index contributed by atoms with van der Waals surface area (Å²) in [6.07, 6.45) is 0. The maximum absolute atomic E-state index is 11.9. The Morgan fingerprint density at radius 2 is 1.52 bits per heavy atom. The summed E-state index contributed by atoms with van der Waals surface area (Å²) in [5.41, 5.74) is 5.43. The Bertz CT molecular complexity index is 788. The Labute approximate surface area is 167 Å². The summed E-state index contributed by atoms with van der Waals surface area (Å²) < 4.78 is 11.9. The third kappa shape index (κ3) is 6.94. The van der Waals surface area contributed by atoms with Crippen LogP contribution in [0.2, 0.25) is 0 Å². The van der Waals surface area contributed by atoms with Crippen LogP contribution in [0.3, 0.4) is 0 Å². The summed E-state index contributed by atoms with van der Waals surface area (Å²) in [4.78, 5) is 23.6. The van der Waals surface area contributed by atoms with Crippen LogP contribution in [0.5, 0.6) is 11.5 Å². The molecule has 0 atom stereocenters. The van der Waals surface area contributed by atoms with Crippen LogP contribution < -0.4 is 20.3 Å². The summed E-state index contributed by atoms with van der Waals surface area (Å²) in [5, 5.41) is 0. The van der Waals surface area contributed by atoms with Crippen molar-refractivity contribution in [2.75, 3.05) is 13.2 Å². The number of carbonyl (C=O) groups is 2. The van der Waals surface area contributed by atoms with E-state index in [1.54, 1.807) is 24.3 Å². The molecule has 0 aliphatic carbocycles. The normalized spacial score (nSPS) is 10.8. The van der Waals surface area contributed by atoms with E-state index >= 15 is 0 Å². The van der Waals surface area contributed by atoms with E-state index in [-0.39, 0.29) is 18.6 Å². The molecule has 0 aliphatic rings. The van der Waals surface area contributed by atoms with Crippen molar-refractivity contribution >= 4 is 27.7 Å². The van der Waals surface area contributed by atoms with Gasteiger partial charge in [-0.05, 0) is 35.7 Å². The number of hydrogen-bond donors (Lipinski definition) is 2. The van der Waals surface area contributed by atoms with Gasteiger partial charge in [-0.15, -0.1) is 0 Å². The van der Waals surface area contributed by atoms with Crippen molar-refractivity contribution in [1.82, 2.24) is 10.9 Å². The molecule has 144 valence electrons.